The number of urea groups is 1. The Morgan fingerprint density at radius 3 is 2.59 bits per heavy atom. The number of carbonyl (C=O) groups excluding carboxylic acids is 2. The van der Waals surface area contributed by atoms with E-state index in [4.69, 9.17) is 4.74 Å². The summed E-state index contributed by atoms with van der Waals surface area (Å²) in [6.07, 6.45) is 4.42. The normalized spacial score (nSPS) is 9.91. The van der Waals surface area contributed by atoms with Gasteiger partial charge >= 0.3 is 12.0 Å². The van der Waals surface area contributed by atoms with E-state index in [1.54, 1.807) is 24.3 Å². The second-order valence-electron chi connectivity index (χ2n) is 4.77. The van der Waals surface area contributed by atoms with Gasteiger partial charge < -0.3 is 20.1 Å². The van der Waals surface area contributed by atoms with E-state index in [-0.39, 0.29) is 12.8 Å². The third kappa shape index (κ3) is 6.47. The lowest BCUT2D eigenvalue weighted by molar-refractivity contribution is 0.0596. The molecule has 1 aromatic rings. The van der Waals surface area contributed by atoms with Crippen LogP contribution in [-0.4, -0.2) is 32.4 Å². The highest BCUT2D eigenvalue weighted by molar-refractivity contribution is 5.92. The number of unbranched alkanes of at least 4 members (excludes halogenated alkanes) is 3. The molecule has 2 amide bonds. The molecule has 6 nitrogen and oxygen atoms in total. The van der Waals surface area contributed by atoms with Crippen LogP contribution in [0.5, 0.6) is 5.75 Å². The van der Waals surface area contributed by atoms with Crippen LogP contribution in [0, 0.1) is 0 Å². The van der Waals surface area contributed by atoms with Gasteiger partial charge in [0.15, 0.2) is 6.73 Å². The van der Waals surface area contributed by atoms with E-state index < -0.39 is 5.97 Å². The van der Waals surface area contributed by atoms with E-state index in [1.807, 2.05) is 0 Å². The molecule has 0 radical (unpaired) electrons. The van der Waals surface area contributed by atoms with Crippen LogP contribution in [0.2, 0.25) is 0 Å². The Kier molecular flexibility index (Phi) is 8.49. The van der Waals surface area contributed by atoms with E-state index in [0.717, 1.165) is 12.8 Å². The summed E-state index contributed by atoms with van der Waals surface area (Å²) >= 11 is 0. The van der Waals surface area contributed by atoms with Gasteiger partial charge in [-0.3, -0.25) is 0 Å². The van der Waals surface area contributed by atoms with E-state index in [9.17, 15) is 9.59 Å². The van der Waals surface area contributed by atoms with Crippen LogP contribution < -0.4 is 15.4 Å². The van der Waals surface area contributed by atoms with Gasteiger partial charge in [-0.2, -0.15) is 0 Å². The molecule has 0 bridgehead atoms. The molecule has 1 rings (SSSR count). The second-order valence-corrected chi connectivity index (χ2v) is 4.77. The minimum atomic E-state index is -0.476. The van der Waals surface area contributed by atoms with Gasteiger partial charge in [0.25, 0.3) is 0 Å². The van der Waals surface area contributed by atoms with Crippen molar-refractivity contribution >= 4 is 12.0 Å². The minimum absolute atomic E-state index is 0.0190. The third-order valence-corrected chi connectivity index (χ3v) is 3.07. The summed E-state index contributed by atoms with van der Waals surface area (Å²) in [6, 6.07) is 6.43. The topological polar surface area (TPSA) is 76.7 Å². The Balaban J connectivity index is 2.29. The lowest BCUT2D eigenvalue weighted by atomic mass is 10.2. The molecule has 0 spiro atoms. The van der Waals surface area contributed by atoms with Crippen LogP contribution in [0.15, 0.2) is 24.3 Å². The summed E-state index contributed by atoms with van der Waals surface area (Å²) in [5.41, 5.74) is 0.326. The fraction of sp³-hybridized carbons (Fsp3) is 0.500. The van der Waals surface area contributed by atoms with Crippen molar-refractivity contribution in [3.8, 4) is 5.75 Å². The highest BCUT2D eigenvalue weighted by atomic mass is 16.5. The zero-order valence-corrected chi connectivity index (χ0v) is 13.2. The van der Waals surface area contributed by atoms with E-state index >= 15 is 0 Å². The average molecular weight is 308 g/mol. The quantitative estimate of drug-likeness (QED) is 0.418. The standard InChI is InChI=1S/C16H24N2O4/c1-3-4-5-8-11-17-16(20)18-12-22-14-10-7-6-9-13(14)15(19)21-2/h6-7,9-10H,3-5,8,11-12H2,1-2H3,(H2,17,18,20). The number of benzene rings is 1. The molecule has 22 heavy (non-hydrogen) atoms. The van der Waals surface area contributed by atoms with Crippen molar-refractivity contribution in [2.75, 3.05) is 20.4 Å². The highest BCUT2D eigenvalue weighted by Gasteiger charge is 2.12. The Hall–Kier alpha value is -2.24. The lowest BCUT2D eigenvalue weighted by Gasteiger charge is -2.11. The van der Waals surface area contributed by atoms with Crippen molar-refractivity contribution in [3.63, 3.8) is 0 Å². The average Bonchev–Trinajstić information content (AvgIpc) is 2.54. The number of hydrogen-bond donors (Lipinski definition) is 2. The Morgan fingerprint density at radius 2 is 1.86 bits per heavy atom. The zero-order valence-electron chi connectivity index (χ0n) is 13.2. The maximum absolute atomic E-state index is 11.6. The van der Waals surface area contributed by atoms with Crippen LogP contribution in [0.3, 0.4) is 0 Å². The molecule has 0 aliphatic heterocycles. The van der Waals surface area contributed by atoms with Gasteiger partial charge in [-0.05, 0) is 18.6 Å². The van der Waals surface area contributed by atoms with Crippen molar-refractivity contribution < 1.29 is 19.1 Å². The Bertz CT molecular complexity index is 477. The van der Waals surface area contributed by atoms with Gasteiger partial charge in [0.2, 0.25) is 0 Å². The highest BCUT2D eigenvalue weighted by Crippen LogP contribution is 2.18. The molecule has 1 aromatic carbocycles. The monoisotopic (exact) mass is 308 g/mol. The number of carbonyl (C=O) groups is 2. The van der Waals surface area contributed by atoms with Gasteiger partial charge in [0.05, 0.1) is 7.11 Å². The van der Waals surface area contributed by atoms with Gasteiger partial charge in [-0.25, -0.2) is 9.59 Å². The van der Waals surface area contributed by atoms with Crippen LogP contribution in [0.1, 0.15) is 43.0 Å². The number of esters is 1. The van der Waals surface area contributed by atoms with Crippen molar-refractivity contribution in [2.45, 2.75) is 32.6 Å². The fourth-order valence-electron chi connectivity index (χ4n) is 1.87. The molecule has 0 aliphatic carbocycles. The molecule has 0 heterocycles. The summed E-state index contributed by atoms with van der Waals surface area (Å²) in [6.45, 7) is 2.77. The molecule has 0 atom stereocenters. The van der Waals surface area contributed by atoms with Crippen LogP contribution in [-0.2, 0) is 4.74 Å². The molecular weight excluding hydrogens is 284 g/mol. The summed E-state index contributed by atoms with van der Waals surface area (Å²) < 4.78 is 10.1. The molecule has 0 saturated carbocycles. The minimum Gasteiger partial charge on any atom is -0.472 e. The van der Waals surface area contributed by atoms with E-state index in [2.05, 4.69) is 22.3 Å². The summed E-state index contributed by atoms with van der Waals surface area (Å²) in [5, 5.41) is 5.34. The first-order valence-electron chi connectivity index (χ1n) is 7.50. The van der Waals surface area contributed by atoms with E-state index in [1.165, 1.54) is 20.0 Å². The molecule has 6 heteroatoms. The fourth-order valence-corrected chi connectivity index (χ4v) is 1.87. The predicted molar refractivity (Wildman–Crippen MR) is 84.0 cm³/mol. The number of nitrogens with one attached hydrogen (secondary N) is 2. The van der Waals surface area contributed by atoms with Crippen molar-refractivity contribution in [1.29, 1.82) is 0 Å². The number of amides is 2. The van der Waals surface area contributed by atoms with E-state index in [0.29, 0.717) is 17.9 Å². The zero-order chi connectivity index (χ0) is 16.2. The SMILES string of the molecule is CCCCCCNC(=O)NCOc1ccccc1C(=O)OC. The predicted octanol–water partition coefficient (Wildman–Crippen LogP) is 2.69. The van der Waals surface area contributed by atoms with Gasteiger partial charge in [-0.15, -0.1) is 0 Å². The molecule has 122 valence electrons. The maximum Gasteiger partial charge on any atom is 0.341 e. The Morgan fingerprint density at radius 1 is 1.09 bits per heavy atom. The number of methoxy groups -OCH3 is 1. The molecular formula is C16H24N2O4. The molecule has 0 aliphatic rings. The molecule has 0 unspecified atom stereocenters. The molecule has 0 aromatic heterocycles. The summed E-state index contributed by atoms with van der Waals surface area (Å²) in [4.78, 5) is 23.1. The first-order chi connectivity index (χ1) is 10.7. The van der Waals surface area contributed by atoms with Crippen LogP contribution in [0.25, 0.3) is 0 Å². The van der Waals surface area contributed by atoms with Crippen LogP contribution >= 0.6 is 0 Å². The number of para-hydroxylation sites is 1. The summed E-state index contributed by atoms with van der Waals surface area (Å²) in [7, 11) is 1.31. The first-order valence-corrected chi connectivity index (χ1v) is 7.50. The van der Waals surface area contributed by atoms with Crippen molar-refractivity contribution in [2.24, 2.45) is 0 Å². The lowest BCUT2D eigenvalue weighted by Crippen LogP contribution is -2.38. The smallest absolute Gasteiger partial charge is 0.341 e. The number of rotatable bonds is 9. The van der Waals surface area contributed by atoms with Crippen molar-refractivity contribution in [3.05, 3.63) is 29.8 Å². The third-order valence-electron chi connectivity index (χ3n) is 3.07. The van der Waals surface area contributed by atoms with Gasteiger partial charge in [0, 0.05) is 6.54 Å². The summed E-state index contributed by atoms with van der Waals surface area (Å²) in [5.74, 6) is -0.103. The van der Waals surface area contributed by atoms with Gasteiger partial charge in [0.1, 0.15) is 11.3 Å². The first kappa shape index (κ1) is 17.8. The number of ether oxygens (including phenoxy) is 2. The largest absolute Gasteiger partial charge is 0.472 e. The van der Waals surface area contributed by atoms with Gasteiger partial charge in [-0.1, -0.05) is 38.3 Å². The maximum atomic E-state index is 11.6. The molecule has 0 fully saturated rings. The Labute approximate surface area is 131 Å². The molecule has 0 saturated heterocycles. The van der Waals surface area contributed by atoms with Crippen LogP contribution in [0.4, 0.5) is 4.79 Å². The second kappa shape index (κ2) is 10.5. The molecule has 2 N–H and O–H groups in total. The van der Waals surface area contributed by atoms with Crippen molar-refractivity contribution in [1.82, 2.24) is 10.6 Å². The number of hydrogen-bond acceptors (Lipinski definition) is 4.